The molecule has 266 valence electrons. The number of rotatable bonds is 11. The lowest BCUT2D eigenvalue weighted by Crippen LogP contribution is -2.59. The quantitative estimate of drug-likeness (QED) is 0.300. The van der Waals surface area contributed by atoms with Gasteiger partial charge < -0.3 is 35.2 Å². The number of oxime groups is 1. The summed E-state index contributed by atoms with van der Waals surface area (Å²) in [6, 6.07) is 0.705. The number of nitrogens with one attached hydrogen (secondary N) is 3. The lowest BCUT2D eigenvalue weighted by atomic mass is 9.85. The van der Waals surface area contributed by atoms with Gasteiger partial charge in [0.05, 0.1) is 24.9 Å². The van der Waals surface area contributed by atoms with E-state index in [2.05, 4.69) is 21.1 Å². The molecule has 1 saturated heterocycles. The fraction of sp³-hybridized carbons (Fsp3) is 0.657. The molecule has 3 N–H and O–H groups in total. The summed E-state index contributed by atoms with van der Waals surface area (Å²) in [5.74, 6) is -1.91. The van der Waals surface area contributed by atoms with Crippen LogP contribution in [0.3, 0.4) is 0 Å². The average Bonchev–Trinajstić information content (AvgIpc) is 3.58. The Morgan fingerprint density at radius 2 is 1.67 bits per heavy atom. The van der Waals surface area contributed by atoms with Gasteiger partial charge in [-0.3, -0.25) is 19.2 Å². The van der Waals surface area contributed by atoms with Gasteiger partial charge in [-0.25, -0.2) is 4.79 Å². The Labute approximate surface area is 283 Å². The summed E-state index contributed by atoms with van der Waals surface area (Å²) in [6.45, 7) is 18.8. The van der Waals surface area contributed by atoms with Gasteiger partial charge in [0, 0.05) is 25.5 Å². The Balaban J connectivity index is 1.98. The van der Waals surface area contributed by atoms with Crippen LogP contribution >= 0.6 is 0 Å². The molecule has 1 aromatic carbocycles. The Kier molecular flexibility index (Phi) is 11.9. The molecule has 2 aliphatic rings. The van der Waals surface area contributed by atoms with E-state index in [4.69, 9.17) is 14.3 Å². The zero-order valence-electron chi connectivity index (χ0n) is 30.3. The molecule has 3 rings (SSSR count). The summed E-state index contributed by atoms with van der Waals surface area (Å²) in [5.41, 5.74) is 0.766. The first kappa shape index (κ1) is 38.3. The van der Waals surface area contributed by atoms with E-state index in [1.807, 2.05) is 39.8 Å². The van der Waals surface area contributed by atoms with E-state index < -0.39 is 64.3 Å². The Bertz CT molecular complexity index is 1420. The van der Waals surface area contributed by atoms with Crippen LogP contribution in [-0.2, 0) is 28.8 Å². The number of likely N-dealkylation sites (tertiary alicyclic amines) is 1. The maximum Gasteiger partial charge on any atom is 0.408 e. The number of likely N-dealkylation sites (N-methyl/N-ethyl adjacent to an activating group) is 1. The van der Waals surface area contributed by atoms with E-state index >= 15 is 0 Å². The number of aryl methyl sites for hydroxylation is 2. The highest BCUT2D eigenvalue weighted by molar-refractivity contribution is 6.38. The van der Waals surface area contributed by atoms with E-state index in [1.54, 1.807) is 41.5 Å². The van der Waals surface area contributed by atoms with Gasteiger partial charge in [-0.05, 0) is 76.6 Å². The molecular formula is C35H53N5O8. The Morgan fingerprint density at radius 1 is 1.04 bits per heavy atom. The van der Waals surface area contributed by atoms with Crippen molar-refractivity contribution < 1.29 is 38.3 Å². The van der Waals surface area contributed by atoms with Gasteiger partial charge in [-0.1, -0.05) is 39.3 Å². The molecule has 0 aromatic heterocycles. The monoisotopic (exact) mass is 671 g/mol. The molecule has 13 nitrogen and oxygen atoms in total. The summed E-state index contributed by atoms with van der Waals surface area (Å²) >= 11 is 0. The third kappa shape index (κ3) is 9.04. The van der Waals surface area contributed by atoms with Crippen LogP contribution in [-0.4, -0.2) is 89.7 Å². The number of alkyl carbamates (subject to hydrolysis) is 1. The van der Waals surface area contributed by atoms with E-state index in [0.717, 1.165) is 22.4 Å². The number of nitrogens with zero attached hydrogens (tertiary/aromatic N) is 2. The number of benzene rings is 1. The lowest BCUT2D eigenvalue weighted by molar-refractivity contribution is -0.144. The third-order valence-corrected chi connectivity index (χ3v) is 8.34. The van der Waals surface area contributed by atoms with Gasteiger partial charge in [-0.2, -0.15) is 0 Å². The molecular weight excluding hydrogens is 618 g/mol. The zero-order chi connectivity index (χ0) is 36.2. The molecule has 0 unspecified atom stereocenters. The summed E-state index contributed by atoms with van der Waals surface area (Å²) < 4.78 is 11.3. The van der Waals surface area contributed by atoms with Crippen molar-refractivity contribution in [3.8, 4) is 5.75 Å². The van der Waals surface area contributed by atoms with Crippen LogP contribution in [0.4, 0.5) is 4.79 Å². The first-order chi connectivity index (χ1) is 22.3. The number of hydrogen-bond acceptors (Lipinski definition) is 9. The van der Waals surface area contributed by atoms with E-state index in [9.17, 15) is 24.0 Å². The molecule has 4 amide bonds. The number of Topliss-reactive ketones (excluding diaryl/α,β-unsaturated/α-hetero) is 1. The van der Waals surface area contributed by atoms with Gasteiger partial charge in [0.15, 0.2) is 5.60 Å². The first-order valence-corrected chi connectivity index (χ1v) is 16.6. The molecule has 2 heterocycles. The molecule has 13 heteroatoms. The molecule has 4 atom stereocenters. The predicted octanol–water partition coefficient (Wildman–Crippen LogP) is 3.71. The van der Waals surface area contributed by atoms with Gasteiger partial charge in [-0.15, -0.1) is 0 Å². The fourth-order valence-electron chi connectivity index (χ4n) is 6.12. The highest BCUT2D eigenvalue weighted by atomic mass is 16.7. The van der Waals surface area contributed by atoms with Crippen molar-refractivity contribution in [2.45, 2.75) is 124 Å². The molecule has 1 aromatic rings. The lowest BCUT2D eigenvalue weighted by Gasteiger charge is -2.36. The molecule has 2 aliphatic heterocycles. The van der Waals surface area contributed by atoms with Crippen molar-refractivity contribution in [2.24, 2.45) is 10.6 Å². The molecule has 0 saturated carbocycles. The standard InChI is InChI=1S/C35H53N5O8/c1-12-14-23(26(41)30(43)36-11)37-29(42)25-18-35(17-24(39-48-35)22-15-20(3)27(46-13-2)21(4)16-22)19-40(25)31(44)28(33(5,6)7)38-32(45)47-34(8,9)10/h15-16,23,25,28H,12-14,17-19H2,1-11H3,(H,36,43)(H,37,42)(H,38,45)/t23-,25-,28+,35+/m0/s1. The second kappa shape index (κ2) is 14.9. The number of hydrogen-bond donors (Lipinski definition) is 3. The second-order valence-electron chi connectivity index (χ2n) is 14.8. The largest absolute Gasteiger partial charge is 0.493 e. The highest BCUT2D eigenvalue weighted by Crippen LogP contribution is 2.40. The van der Waals surface area contributed by atoms with Crippen LogP contribution in [0.1, 0.15) is 97.8 Å². The number of ether oxygens (including phenoxy) is 2. The topological polar surface area (TPSA) is 165 Å². The van der Waals surface area contributed by atoms with E-state index in [0.29, 0.717) is 25.2 Å². The van der Waals surface area contributed by atoms with Crippen molar-refractivity contribution in [1.29, 1.82) is 0 Å². The van der Waals surface area contributed by atoms with Crippen LogP contribution in [0, 0.1) is 19.3 Å². The minimum atomic E-state index is -1.09. The van der Waals surface area contributed by atoms with Crippen molar-refractivity contribution in [3.05, 3.63) is 28.8 Å². The zero-order valence-corrected chi connectivity index (χ0v) is 30.3. The molecule has 1 fully saturated rings. The number of ketones is 1. The molecule has 48 heavy (non-hydrogen) atoms. The van der Waals surface area contributed by atoms with Crippen molar-refractivity contribution >= 4 is 35.3 Å². The maximum absolute atomic E-state index is 14.4. The van der Waals surface area contributed by atoms with Crippen LogP contribution in [0.2, 0.25) is 0 Å². The molecule has 0 bridgehead atoms. The van der Waals surface area contributed by atoms with Crippen LogP contribution in [0.25, 0.3) is 0 Å². The summed E-state index contributed by atoms with van der Waals surface area (Å²) in [7, 11) is 1.35. The van der Waals surface area contributed by atoms with Gasteiger partial charge in [0.2, 0.25) is 17.6 Å². The Morgan fingerprint density at radius 3 is 2.19 bits per heavy atom. The molecule has 0 radical (unpaired) electrons. The number of amides is 4. The minimum absolute atomic E-state index is 0.00364. The van der Waals surface area contributed by atoms with Crippen molar-refractivity contribution in [1.82, 2.24) is 20.9 Å². The second-order valence-corrected chi connectivity index (χ2v) is 14.8. The number of carbonyl (C=O) groups excluding carboxylic acids is 5. The first-order valence-electron chi connectivity index (χ1n) is 16.6. The van der Waals surface area contributed by atoms with E-state index in [1.165, 1.54) is 11.9 Å². The number of carbonyl (C=O) groups is 5. The maximum atomic E-state index is 14.4. The van der Waals surface area contributed by atoms with Gasteiger partial charge in [0.1, 0.15) is 23.4 Å². The highest BCUT2D eigenvalue weighted by Gasteiger charge is 2.55. The Hall–Kier alpha value is -4.16. The van der Waals surface area contributed by atoms with E-state index in [-0.39, 0.29) is 19.4 Å². The summed E-state index contributed by atoms with van der Waals surface area (Å²) in [5, 5.41) is 12.2. The fourth-order valence-corrected chi connectivity index (χ4v) is 6.12. The molecule has 0 aliphatic carbocycles. The van der Waals surface area contributed by atoms with Crippen LogP contribution in [0.15, 0.2) is 17.3 Å². The van der Waals surface area contributed by atoms with Crippen LogP contribution in [0.5, 0.6) is 5.75 Å². The van der Waals surface area contributed by atoms with Crippen molar-refractivity contribution in [3.63, 3.8) is 0 Å². The predicted molar refractivity (Wildman–Crippen MR) is 181 cm³/mol. The van der Waals surface area contributed by atoms with Gasteiger partial charge in [0.25, 0.3) is 5.91 Å². The molecule has 1 spiro atoms. The van der Waals surface area contributed by atoms with Crippen LogP contribution < -0.4 is 20.7 Å². The minimum Gasteiger partial charge on any atom is -0.493 e. The SMILES string of the molecule is CCC[C@H](NC(=O)[C@@H]1C[C@]2(CC(c3cc(C)c(OCC)c(C)c3)=NO2)CN1C(=O)[C@@H](NC(=O)OC(C)(C)C)C(C)(C)C)C(=O)C(=O)NC. The van der Waals surface area contributed by atoms with Gasteiger partial charge >= 0.3 is 6.09 Å². The summed E-state index contributed by atoms with van der Waals surface area (Å²) in [4.78, 5) is 73.9. The summed E-state index contributed by atoms with van der Waals surface area (Å²) in [6.07, 6.45) is 0.368. The third-order valence-electron chi connectivity index (χ3n) is 8.34. The average molecular weight is 672 g/mol. The van der Waals surface area contributed by atoms with Crippen molar-refractivity contribution in [2.75, 3.05) is 20.2 Å². The normalized spacial score (nSPS) is 20.4. The smallest absolute Gasteiger partial charge is 0.408 e.